The minimum absolute atomic E-state index is 0.109. The molecule has 0 unspecified atom stereocenters. The number of urea groups is 1. The fourth-order valence-electron chi connectivity index (χ4n) is 3.46. The first-order valence-electron chi connectivity index (χ1n) is 9.63. The summed E-state index contributed by atoms with van der Waals surface area (Å²) in [6.07, 6.45) is 6.22. The lowest BCUT2D eigenvalue weighted by Gasteiger charge is -2.19. The number of aryl methyl sites for hydroxylation is 1. The minimum Gasteiger partial charge on any atom is -0.334 e. The summed E-state index contributed by atoms with van der Waals surface area (Å²) in [4.78, 5) is 12.2. The number of nitrogens with zero attached hydrogens (tertiary/aromatic N) is 2. The lowest BCUT2D eigenvalue weighted by atomic mass is 9.92. The molecule has 0 spiro atoms. The SMILES string of the molecule is O=C(NC/C=C1\CCCc2cnn(-c3ccc(Cl)cc3Cl)c21)NS(=O)(=O)c1cc(Cl)c(Cl)s1. The summed E-state index contributed by atoms with van der Waals surface area (Å²) in [6.45, 7) is 0.113. The number of fused-ring (bicyclic) bond motifs is 1. The first-order chi connectivity index (χ1) is 15.7. The molecule has 2 aromatic heterocycles. The standard InChI is InChI=1S/C20H16Cl4N4O3S2/c21-13-4-5-16(14(22)8-13)28-18-11(2-1-3-12(18)10-26-28)6-7-25-20(29)27-33(30,31)17-9-15(23)19(24)32-17/h4-6,8-10H,1-3,7H2,(H2,25,27,29)/b11-6+. The predicted octanol–water partition coefficient (Wildman–Crippen LogP) is 5.96. The second-order valence-electron chi connectivity index (χ2n) is 7.11. The van der Waals surface area contributed by atoms with E-state index in [0.717, 1.165) is 47.4 Å². The summed E-state index contributed by atoms with van der Waals surface area (Å²) in [5.41, 5.74) is 3.64. The van der Waals surface area contributed by atoms with Gasteiger partial charge in [0.05, 0.1) is 27.6 Å². The lowest BCUT2D eigenvalue weighted by Crippen LogP contribution is -2.39. The molecule has 13 heteroatoms. The van der Waals surface area contributed by atoms with Gasteiger partial charge in [0.1, 0.15) is 8.55 Å². The molecule has 0 fully saturated rings. The van der Waals surface area contributed by atoms with Gasteiger partial charge >= 0.3 is 6.03 Å². The molecule has 0 saturated heterocycles. The van der Waals surface area contributed by atoms with E-state index in [1.165, 1.54) is 6.07 Å². The van der Waals surface area contributed by atoms with Gasteiger partial charge in [0.15, 0.2) is 0 Å². The van der Waals surface area contributed by atoms with Crippen LogP contribution in [-0.4, -0.2) is 30.8 Å². The number of hydrogen-bond donors (Lipinski definition) is 2. The smallest absolute Gasteiger partial charge is 0.328 e. The van der Waals surface area contributed by atoms with Gasteiger partial charge in [-0.25, -0.2) is 22.6 Å². The Morgan fingerprint density at radius 3 is 2.64 bits per heavy atom. The number of thiophene rings is 1. The molecular weight excluding hydrogens is 550 g/mol. The van der Waals surface area contributed by atoms with E-state index in [4.69, 9.17) is 46.4 Å². The molecule has 2 heterocycles. The molecule has 7 nitrogen and oxygen atoms in total. The normalized spacial score (nSPS) is 14.8. The molecule has 174 valence electrons. The molecule has 4 rings (SSSR count). The van der Waals surface area contributed by atoms with Crippen LogP contribution in [0, 0.1) is 0 Å². The van der Waals surface area contributed by atoms with Crippen molar-refractivity contribution in [3.8, 4) is 5.69 Å². The highest BCUT2D eigenvalue weighted by atomic mass is 35.5. The first-order valence-corrected chi connectivity index (χ1v) is 13.4. The highest BCUT2D eigenvalue weighted by Crippen LogP contribution is 2.35. The van der Waals surface area contributed by atoms with Crippen molar-refractivity contribution in [1.29, 1.82) is 0 Å². The van der Waals surface area contributed by atoms with Crippen LogP contribution in [0.4, 0.5) is 4.79 Å². The number of nitrogens with one attached hydrogen (secondary N) is 2. The van der Waals surface area contributed by atoms with Gasteiger partial charge in [0, 0.05) is 11.6 Å². The number of amides is 2. The fraction of sp³-hybridized carbons (Fsp3) is 0.200. The molecule has 1 aromatic carbocycles. The number of benzene rings is 1. The van der Waals surface area contributed by atoms with Crippen molar-refractivity contribution in [2.24, 2.45) is 0 Å². The van der Waals surface area contributed by atoms with Crippen molar-refractivity contribution in [3.63, 3.8) is 0 Å². The van der Waals surface area contributed by atoms with Crippen LogP contribution in [0.1, 0.15) is 24.1 Å². The predicted molar refractivity (Wildman–Crippen MR) is 133 cm³/mol. The molecule has 0 aliphatic heterocycles. The van der Waals surface area contributed by atoms with Crippen molar-refractivity contribution in [1.82, 2.24) is 19.8 Å². The van der Waals surface area contributed by atoms with Crippen LogP contribution in [0.2, 0.25) is 19.4 Å². The fourth-order valence-corrected chi connectivity index (χ4v) is 6.76. The number of sulfonamides is 1. The second-order valence-corrected chi connectivity index (χ2v) is 11.9. The van der Waals surface area contributed by atoms with Crippen LogP contribution in [0.3, 0.4) is 0 Å². The first kappa shape index (κ1) is 24.4. The average Bonchev–Trinajstić information content (AvgIpc) is 3.32. The van der Waals surface area contributed by atoms with Gasteiger partial charge in [-0.1, -0.05) is 52.5 Å². The molecule has 0 saturated carbocycles. The third kappa shape index (κ3) is 5.34. The quantitative estimate of drug-likeness (QED) is 0.399. The molecule has 0 radical (unpaired) electrons. The summed E-state index contributed by atoms with van der Waals surface area (Å²) in [6, 6.07) is 5.52. The van der Waals surface area contributed by atoms with Crippen LogP contribution < -0.4 is 10.0 Å². The van der Waals surface area contributed by atoms with Crippen molar-refractivity contribution >= 4 is 79.4 Å². The lowest BCUT2D eigenvalue weighted by molar-refractivity contribution is 0.247. The average molecular weight is 566 g/mol. The molecule has 2 amide bonds. The van der Waals surface area contributed by atoms with Crippen molar-refractivity contribution in [2.45, 2.75) is 23.5 Å². The molecular formula is C20H16Cl4N4O3S2. The van der Waals surface area contributed by atoms with E-state index < -0.39 is 16.1 Å². The largest absolute Gasteiger partial charge is 0.334 e. The molecule has 1 aliphatic carbocycles. The molecule has 0 atom stereocenters. The number of hydrogen-bond acceptors (Lipinski definition) is 5. The maximum absolute atomic E-state index is 12.3. The van der Waals surface area contributed by atoms with E-state index >= 15 is 0 Å². The van der Waals surface area contributed by atoms with Crippen LogP contribution in [0.15, 0.2) is 40.7 Å². The highest BCUT2D eigenvalue weighted by molar-refractivity contribution is 7.92. The van der Waals surface area contributed by atoms with E-state index in [1.54, 1.807) is 29.1 Å². The van der Waals surface area contributed by atoms with Gasteiger partial charge in [-0.15, -0.1) is 11.3 Å². The van der Waals surface area contributed by atoms with Crippen LogP contribution >= 0.6 is 57.7 Å². The maximum atomic E-state index is 12.3. The van der Waals surface area contributed by atoms with E-state index in [9.17, 15) is 13.2 Å². The Kier molecular flexibility index (Phi) is 7.28. The zero-order valence-corrected chi connectivity index (χ0v) is 21.4. The maximum Gasteiger partial charge on any atom is 0.328 e. The monoisotopic (exact) mass is 564 g/mol. The zero-order chi connectivity index (χ0) is 23.8. The van der Waals surface area contributed by atoms with Gasteiger partial charge < -0.3 is 5.32 Å². The Labute approximate surface area is 214 Å². The van der Waals surface area contributed by atoms with Gasteiger partial charge in [-0.3, -0.25) is 0 Å². The highest BCUT2D eigenvalue weighted by Gasteiger charge is 2.23. The Balaban J connectivity index is 1.49. The Bertz CT molecular complexity index is 1350. The van der Waals surface area contributed by atoms with Crippen molar-refractivity contribution < 1.29 is 13.2 Å². The molecule has 0 bridgehead atoms. The van der Waals surface area contributed by atoms with E-state index in [2.05, 4.69) is 10.4 Å². The molecule has 33 heavy (non-hydrogen) atoms. The number of rotatable bonds is 5. The van der Waals surface area contributed by atoms with Crippen molar-refractivity contribution in [2.75, 3.05) is 6.54 Å². The summed E-state index contributed by atoms with van der Waals surface area (Å²) >= 11 is 24.8. The molecule has 2 N–H and O–H groups in total. The minimum atomic E-state index is -4.08. The number of aromatic nitrogens is 2. The molecule has 3 aromatic rings. The topological polar surface area (TPSA) is 93.1 Å². The van der Waals surface area contributed by atoms with Gasteiger partial charge in [0.2, 0.25) is 0 Å². The number of halogens is 4. The van der Waals surface area contributed by atoms with Crippen LogP contribution in [0.25, 0.3) is 11.3 Å². The van der Waals surface area contributed by atoms with Crippen LogP contribution in [0.5, 0.6) is 0 Å². The van der Waals surface area contributed by atoms with Crippen molar-refractivity contribution in [3.05, 3.63) is 67.2 Å². The third-order valence-electron chi connectivity index (χ3n) is 4.90. The Morgan fingerprint density at radius 1 is 1.15 bits per heavy atom. The Hall–Kier alpha value is -1.75. The number of allylic oxidation sites excluding steroid dienone is 1. The van der Waals surface area contributed by atoms with Gasteiger partial charge in [-0.2, -0.15) is 5.10 Å². The van der Waals surface area contributed by atoms with Gasteiger partial charge in [0.25, 0.3) is 10.0 Å². The summed E-state index contributed by atoms with van der Waals surface area (Å²) in [7, 11) is -4.08. The third-order valence-corrected chi connectivity index (χ3v) is 9.11. The summed E-state index contributed by atoms with van der Waals surface area (Å²) in [5, 5.41) is 8.13. The van der Waals surface area contributed by atoms with E-state index in [0.29, 0.717) is 15.7 Å². The van der Waals surface area contributed by atoms with E-state index in [-0.39, 0.29) is 20.1 Å². The zero-order valence-electron chi connectivity index (χ0n) is 16.7. The second kappa shape index (κ2) is 9.85. The number of carbonyl (C=O) groups excluding carboxylic acids is 1. The van der Waals surface area contributed by atoms with Gasteiger partial charge in [-0.05, 0) is 54.7 Å². The summed E-state index contributed by atoms with van der Waals surface area (Å²) in [5.74, 6) is 0. The number of carbonyl (C=O) groups is 1. The summed E-state index contributed by atoms with van der Waals surface area (Å²) < 4.78 is 28.4. The van der Waals surface area contributed by atoms with Crippen LogP contribution in [-0.2, 0) is 16.4 Å². The molecule has 1 aliphatic rings. The Morgan fingerprint density at radius 2 is 1.94 bits per heavy atom. The van der Waals surface area contributed by atoms with E-state index in [1.807, 2.05) is 10.8 Å².